The van der Waals surface area contributed by atoms with Gasteiger partial charge >= 0.3 is 6.03 Å². The highest BCUT2D eigenvalue weighted by Crippen LogP contribution is 2.53. The van der Waals surface area contributed by atoms with Crippen molar-refractivity contribution in [3.05, 3.63) is 28.2 Å². The van der Waals surface area contributed by atoms with Crippen LogP contribution in [0.5, 0.6) is 0 Å². The van der Waals surface area contributed by atoms with Crippen LogP contribution in [-0.2, 0) is 9.59 Å². The lowest BCUT2D eigenvalue weighted by Crippen LogP contribution is -2.66. The van der Waals surface area contributed by atoms with E-state index >= 15 is 0 Å². The molecule has 0 radical (unpaired) electrons. The lowest BCUT2D eigenvalue weighted by molar-refractivity contribution is -0.150. The maximum Gasteiger partial charge on any atom is 0.322 e. The molecule has 0 aromatic heterocycles. The van der Waals surface area contributed by atoms with Crippen molar-refractivity contribution < 1.29 is 14.4 Å². The Morgan fingerprint density at radius 2 is 1.83 bits per heavy atom. The third kappa shape index (κ3) is 5.12. The molecule has 1 N–H and O–H groups in total. The summed E-state index contributed by atoms with van der Waals surface area (Å²) >= 11 is 12.0. The van der Waals surface area contributed by atoms with Crippen LogP contribution in [0.2, 0.25) is 10.0 Å². The van der Waals surface area contributed by atoms with E-state index in [0.29, 0.717) is 40.5 Å². The average Bonchev–Trinajstić information content (AvgIpc) is 3.60. The van der Waals surface area contributed by atoms with Crippen molar-refractivity contribution in [1.29, 1.82) is 0 Å². The van der Waals surface area contributed by atoms with Crippen molar-refractivity contribution in [3.63, 3.8) is 0 Å². The first-order valence-corrected chi connectivity index (χ1v) is 13.6. The zero-order chi connectivity index (χ0) is 24.7. The van der Waals surface area contributed by atoms with Crippen LogP contribution in [0.15, 0.2) is 18.2 Å². The van der Waals surface area contributed by atoms with Gasteiger partial charge in [-0.2, -0.15) is 0 Å². The molecule has 190 valence electrons. The van der Waals surface area contributed by atoms with E-state index in [1.54, 1.807) is 30.0 Å². The number of piperazine rings is 1. The van der Waals surface area contributed by atoms with Crippen molar-refractivity contribution in [3.8, 4) is 0 Å². The van der Waals surface area contributed by atoms with Crippen LogP contribution < -0.4 is 5.32 Å². The zero-order valence-corrected chi connectivity index (χ0v) is 21.8. The van der Waals surface area contributed by atoms with Gasteiger partial charge in [0.1, 0.15) is 6.04 Å². The standard InChI is InChI=1S/C26H34Cl2N4O3/c1-17-24(34)32-19(6-8-23(33)30-13-11-26(9-10-26)12-14-30)3-2-4-20(32)16-31(17)25(35)29-18-5-7-21(27)22(28)15-18/h5,7,15,17,19-20H,2-4,6,8-14,16H2,1H3,(H,29,35). The molecular formula is C26H34Cl2N4O3. The minimum absolute atomic E-state index is 0.0168. The quantitative estimate of drug-likeness (QED) is 0.595. The first-order chi connectivity index (χ1) is 16.8. The highest BCUT2D eigenvalue weighted by molar-refractivity contribution is 6.42. The second-order valence-corrected chi connectivity index (χ2v) is 11.6. The van der Waals surface area contributed by atoms with Crippen LogP contribution in [-0.4, -0.2) is 70.3 Å². The maximum absolute atomic E-state index is 13.4. The molecule has 1 spiro atoms. The molecule has 3 atom stereocenters. The number of amides is 4. The SMILES string of the molecule is CC1C(=O)N2C(CCC(=O)N3CCC4(CC3)CC4)CCCC2CN1C(=O)Nc1ccc(Cl)c(Cl)c1. The zero-order valence-electron chi connectivity index (χ0n) is 20.3. The average molecular weight is 521 g/mol. The van der Waals surface area contributed by atoms with Crippen molar-refractivity contribution in [1.82, 2.24) is 14.7 Å². The number of fused-ring (bicyclic) bond motifs is 1. The smallest absolute Gasteiger partial charge is 0.322 e. The van der Waals surface area contributed by atoms with E-state index < -0.39 is 6.04 Å². The minimum Gasteiger partial charge on any atom is -0.343 e. The molecular weight excluding hydrogens is 487 g/mol. The molecule has 3 heterocycles. The maximum atomic E-state index is 13.4. The van der Waals surface area contributed by atoms with Gasteiger partial charge in [-0.15, -0.1) is 0 Å². The lowest BCUT2D eigenvalue weighted by Gasteiger charge is -2.50. The number of benzene rings is 1. The molecule has 9 heteroatoms. The number of nitrogens with zero attached hydrogens (tertiary/aromatic N) is 3. The summed E-state index contributed by atoms with van der Waals surface area (Å²) in [6.45, 7) is 4.04. The van der Waals surface area contributed by atoms with Gasteiger partial charge in [-0.05, 0) is 81.9 Å². The highest BCUT2D eigenvalue weighted by atomic mass is 35.5. The molecule has 4 fully saturated rings. The van der Waals surface area contributed by atoms with Gasteiger partial charge in [-0.1, -0.05) is 23.2 Å². The summed E-state index contributed by atoms with van der Waals surface area (Å²) in [4.78, 5) is 45.0. The molecule has 1 saturated carbocycles. The third-order valence-electron chi connectivity index (χ3n) is 8.61. The predicted molar refractivity (Wildman–Crippen MR) is 137 cm³/mol. The van der Waals surface area contributed by atoms with Crippen LogP contribution in [0, 0.1) is 5.41 Å². The van der Waals surface area contributed by atoms with Gasteiger partial charge < -0.3 is 20.0 Å². The Morgan fingerprint density at radius 1 is 1.09 bits per heavy atom. The van der Waals surface area contributed by atoms with Gasteiger partial charge in [0.2, 0.25) is 11.8 Å². The summed E-state index contributed by atoms with van der Waals surface area (Å²) < 4.78 is 0. The van der Waals surface area contributed by atoms with Crippen molar-refractivity contribution in [2.24, 2.45) is 5.41 Å². The molecule has 4 aliphatic rings. The number of likely N-dealkylation sites (tertiary alicyclic amines) is 1. The summed E-state index contributed by atoms with van der Waals surface area (Å²) in [6.07, 6.45) is 8.92. The van der Waals surface area contributed by atoms with Gasteiger partial charge in [0, 0.05) is 43.8 Å². The van der Waals surface area contributed by atoms with Gasteiger partial charge in [0.25, 0.3) is 0 Å². The van der Waals surface area contributed by atoms with E-state index in [0.717, 1.165) is 45.2 Å². The molecule has 1 aliphatic carbocycles. The number of halogens is 2. The molecule has 5 rings (SSSR count). The summed E-state index contributed by atoms with van der Waals surface area (Å²) in [5.74, 6) is 0.194. The number of nitrogens with one attached hydrogen (secondary N) is 1. The van der Waals surface area contributed by atoms with Gasteiger partial charge in [0.15, 0.2) is 0 Å². The Labute approximate surface area is 217 Å². The van der Waals surface area contributed by atoms with Crippen LogP contribution >= 0.6 is 23.2 Å². The van der Waals surface area contributed by atoms with E-state index in [4.69, 9.17) is 23.2 Å². The van der Waals surface area contributed by atoms with E-state index in [-0.39, 0.29) is 29.9 Å². The van der Waals surface area contributed by atoms with Gasteiger partial charge in [-0.3, -0.25) is 9.59 Å². The molecule has 1 aromatic carbocycles. The Kier molecular flexibility index (Phi) is 6.92. The molecule has 3 saturated heterocycles. The second kappa shape index (κ2) is 9.81. The first-order valence-electron chi connectivity index (χ1n) is 12.9. The summed E-state index contributed by atoms with van der Waals surface area (Å²) in [5.41, 5.74) is 1.10. The molecule has 3 aliphatic heterocycles. The Morgan fingerprint density at radius 3 is 2.51 bits per heavy atom. The van der Waals surface area contributed by atoms with Crippen LogP contribution in [0.3, 0.4) is 0 Å². The lowest BCUT2D eigenvalue weighted by atomic mass is 9.89. The monoisotopic (exact) mass is 520 g/mol. The molecule has 1 aromatic rings. The van der Waals surface area contributed by atoms with E-state index in [2.05, 4.69) is 5.32 Å². The number of hydrogen-bond acceptors (Lipinski definition) is 3. The molecule has 7 nitrogen and oxygen atoms in total. The Bertz CT molecular complexity index is 1000. The highest BCUT2D eigenvalue weighted by Gasteiger charge is 2.46. The van der Waals surface area contributed by atoms with Crippen molar-refractivity contribution in [2.75, 3.05) is 25.0 Å². The molecule has 3 unspecified atom stereocenters. The molecule has 0 bridgehead atoms. The number of piperidine rings is 2. The van der Waals surface area contributed by atoms with Crippen LogP contribution in [0.25, 0.3) is 0 Å². The van der Waals surface area contributed by atoms with Gasteiger partial charge in [-0.25, -0.2) is 4.79 Å². The van der Waals surface area contributed by atoms with E-state index in [1.807, 2.05) is 9.80 Å². The largest absolute Gasteiger partial charge is 0.343 e. The topological polar surface area (TPSA) is 73.0 Å². The number of hydrogen-bond donors (Lipinski definition) is 1. The number of carbonyl (C=O) groups is 3. The third-order valence-corrected chi connectivity index (χ3v) is 9.34. The Hall–Kier alpha value is -1.99. The minimum atomic E-state index is -0.567. The summed E-state index contributed by atoms with van der Waals surface area (Å²) in [6, 6.07) is 4.08. The number of rotatable bonds is 4. The van der Waals surface area contributed by atoms with Gasteiger partial charge in [0.05, 0.1) is 10.0 Å². The first kappa shape index (κ1) is 24.7. The Balaban J connectivity index is 1.18. The number of carbonyl (C=O) groups excluding carboxylic acids is 3. The summed E-state index contributed by atoms with van der Waals surface area (Å²) in [5, 5.41) is 3.63. The second-order valence-electron chi connectivity index (χ2n) is 10.8. The van der Waals surface area contributed by atoms with Crippen molar-refractivity contribution in [2.45, 2.75) is 82.8 Å². The molecule has 35 heavy (non-hydrogen) atoms. The number of urea groups is 1. The normalized spacial score (nSPS) is 27.6. The van der Waals surface area contributed by atoms with Crippen LogP contribution in [0.4, 0.5) is 10.5 Å². The van der Waals surface area contributed by atoms with Crippen molar-refractivity contribution >= 4 is 46.7 Å². The fourth-order valence-corrected chi connectivity index (χ4v) is 6.40. The summed E-state index contributed by atoms with van der Waals surface area (Å²) in [7, 11) is 0. The number of anilines is 1. The predicted octanol–water partition coefficient (Wildman–Crippen LogP) is 5.16. The fraction of sp³-hybridized carbons (Fsp3) is 0.654. The molecule has 4 amide bonds. The fourth-order valence-electron chi connectivity index (χ4n) is 6.11. The van der Waals surface area contributed by atoms with Crippen LogP contribution in [0.1, 0.15) is 64.7 Å². The van der Waals surface area contributed by atoms with E-state index in [1.165, 1.54) is 12.8 Å². The van der Waals surface area contributed by atoms with E-state index in [9.17, 15) is 14.4 Å².